The number of fused-ring (bicyclic) bond motifs is 3. The second kappa shape index (κ2) is 11.9. The smallest absolute Gasteiger partial charge is 0.164 e. The van der Waals surface area contributed by atoms with E-state index in [1.54, 1.807) is 0 Å². The van der Waals surface area contributed by atoms with Crippen molar-refractivity contribution in [3.63, 3.8) is 0 Å². The molecule has 2 aromatic heterocycles. The van der Waals surface area contributed by atoms with Crippen LogP contribution in [0.1, 0.15) is 0 Å². The number of benzene rings is 6. The fourth-order valence-electron chi connectivity index (χ4n) is 6.02. The van der Waals surface area contributed by atoms with Gasteiger partial charge in [0.25, 0.3) is 0 Å². The number of hydrogen-bond acceptors (Lipinski definition) is 4. The molecule has 0 spiro atoms. The van der Waals surface area contributed by atoms with Gasteiger partial charge in [0.2, 0.25) is 0 Å². The number of nitrogens with zero attached hydrogens (tertiary/aromatic N) is 3. The molecule has 212 valence electrons. The Morgan fingerprint density at radius 1 is 0.354 bits per heavy atom. The first-order valence-electron chi connectivity index (χ1n) is 15.3. The first kappa shape index (κ1) is 29.8. The molecule has 0 unspecified atom stereocenters. The summed E-state index contributed by atoms with van der Waals surface area (Å²) in [5, 5.41) is 2.06. The second-order valence-electron chi connectivity index (χ2n) is 11.6. The number of aromatic nitrogens is 3. The number of furan rings is 1. The van der Waals surface area contributed by atoms with Gasteiger partial charge >= 0.3 is 0 Å². The summed E-state index contributed by atoms with van der Waals surface area (Å²) in [6, 6.07) is 40.0. The van der Waals surface area contributed by atoms with Gasteiger partial charge in [0.1, 0.15) is 50.4 Å². The SMILES string of the molecule is [B]c1c([B])c([B])c(-c2ccc(-c3nc(-c4ccccc4)nc(-c4ccc5c(c4)oc4ccc(-c6ccccc6)cc45)n3)cc2)c([B])c1[B]. The van der Waals surface area contributed by atoms with E-state index in [0.717, 1.165) is 55.3 Å². The predicted molar refractivity (Wildman–Crippen MR) is 201 cm³/mol. The molecule has 0 atom stereocenters. The molecule has 10 radical (unpaired) electrons. The molecule has 0 saturated heterocycles. The molecule has 0 amide bonds. The van der Waals surface area contributed by atoms with Crippen molar-refractivity contribution in [3.8, 4) is 56.4 Å². The lowest BCUT2D eigenvalue weighted by Gasteiger charge is -2.21. The molecule has 2 heterocycles. The third kappa shape index (κ3) is 5.16. The van der Waals surface area contributed by atoms with Crippen LogP contribution in [0.4, 0.5) is 0 Å². The Balaban J connectivity index is 1.22. The van der Waals surface area contributed by atoms with Gasteiger partial charge in [-0.1, -0.05) is 108 Å². The van der Waals surface area contributed by atoms with Crippen molar-refractivity contribution < 1.29 is 4.42 Å². The minimum absolute atomic E-state index is 0.175. The van der Waals surface area contributed by atoms with E-state index in [9.17, 15) is 0 Å². The van der Waals surface area contributed by atoms with Crippen LogP contribution in [0, 0.1) is 0 Å². The second-order valence-corrected chi connectivity index (χ2v) is 11.6. The van der Waals surface area contributed by atoms with Gasteiger partial charge in [-0.3, -0.25) is 0 Å². The molecule has 0 bridgehead atoms. The van der Waals surface area contributed by atoms with E-state index in [1.807, 2.05) is 91.0 Å². The fourth-order valence-corrected chi connectivity index (χ4v) is 6.02. The molecule has 0 fully saturated rings. The molecule has 0 saturated carbocycles. The molecule has 0 aliphatic heterocycles. The van der Waals surface area contributed by atoms with Crippen molar-refractivity contribution in [2.24, 2.45) is 0 Å². The third-order valence-corrected chi connectivity index (χ3v) is 8.64. The molecule has 0 N–H and O–H groups in total. The molecule has 0 aliphatic rings. The maximum atomic E-state index is 6.32. The summed E-state index contributed by atoms with van der Waals surface area (Å²) in [6.45, 7) is 0. The van der Waals surface area contributed by atoms with Crippen molar-refractivity contribution >= 4 is 88.5 Å². The molecule has 6 aromatic carbocycles. The lowest BCUT2D eigenvalue weighted by molar-refractivity contribution is 0.669. The van der Waals surface area contributed by atoms with Crippen molar-refractivity contribution in [3.05, 3.63) is 121 Å². The van der Waals surface area contributed by atoms with Crippen LogP contribution in [-0.2, 0) is 0 Å². The molecule has 8 rings (SSSR count). The number of rotatable bonds is 5. The third-order valence-electron chi connectivity index (χ3n) is 8.64. The van der Waals surface area contributed by atoms with Gasteiger partial charge in [-0.2, -0.15) is 0 Å². The Kier molecular flexibility index (Phi) is 7.41. The first-order valence-corrected chi connectivity index (χ1v) is 15.3. The van der Waals surface area contributed by atoms with E-state index < -0.39 is 0 Å². The summed E-state index contributed by atoms with van der Waals surface area (Å²) in [5.41, 5.74) is 8.67. The van der Waals surface area contributed by atoms with Crippen LogP contribution in [0.15, 0.2) is 126 Å². The zero-order chi connectivity index (χ0) is 32.9. The highest BCUT2D eigenvalue weighted by Crippen LogP contribution is 2.35. The van der Waals surface area contributed by atoms with Gasteiger partial charge in [-0.25, -0.2) is 15.0 Å². The van der Waals surface area contributed by atoms with Crippen LogP contribution >= 0.6 is 0 Å². The first-order chi connectivity index (χ1) is 23.4. The summed E-state index contributed by atoms with van der Waals surface area (Å²) >= 11 is 0. The predicted octanol–water partition coefficient (Wildman–Crippen LogP) is 4.08. The van der Waals surface area contributed by atoms with E-state index in [-0.39, 0.29) is 27.3 Å². The molecule has 48 heavy (non-hydrogen) atoms. The topological polar surface area (TPSA) is 51.8 Å². The van der Waals surface area contributed by atoms with Crippen LogP contribution in [0.2, 0.25) is 0 Å². The molecular weight excluding hydrogens is 581 g/mol. The van der Waals surface area contributed by atoms with Crippen LogP contribution in [0.3, 0.4) is 0 Å². The van der Waals surface area contributed by atoms with Crippen LogP contribution in [0.25, 0.3) is 78.4 Å². The summed E-state index contributed by atoms with van der Waals surface area (Å²) in [6.07, 6.45) is 0. The van der Waals surface area contributed by atoms with Crippen molar-refractivity contribution in [1.29, 1.82) is 0 Å². The average Bonchev–Trinajstić information content (AvgIpc) is 3.51. The van der Waals surface area contributed by atoms with Gasteiger partial charge in [0, 0.05) is 27.5 Å². The highest BCUT2D eigenvalue weighted by molar-refractivity contribution is 6.68. The highest BCUT2D eigenvalue weighted by Gasteiger charge is 2.17. The van der Waals surface area contributed by atoms with Gasteiger partial charge in [0.05, 0.1) is 0 Å². The maximum absolute atomic E-state index is 6.32. The molecule has 9 heteroatoms. The average molecular weight is 601 g/mol. The minimum atomic E-state index is 0.175. The lowest BCUT2D eigenvalue weighted by atomic mass is 9.59. The van der Waals surface area contributed by atoms with Crippen molar-refractivity contribution in [2.75, 3.05) is 0 Å². The Morgan fingerprint density at radius 3 is 1.46 bits per heavy atom. The normalized spacial score (nSPS) is 11.3. The van der Waals surface area contributed by atoms with E-state index in [1.165, 1.54) is 0 Å². The summed E-state index contributed by atoms with van der Waals surface area (Å²) in [5.74, 6) is 1.56. The summed E-state index contributed by atoms with van der Waals surface area (Å²) in [4.78, 5) is 14.7. The van der Waals surface area contributed by atoms with E-state index >= 15 is 0 Å². The Bertz CT molecular complexity index is 2470. The van der Waals surface area contributed by atoms with E-state index in [0.29, 0.717) is 23.0 Å². The Labute approximate surface area is 284 Å². The van der Waals surface area contributed by atoms with Crippen LogP contribution in [0.5, 0.6) is 0 Å². The molecule has 0 aliphatic carbocycles. The Morgan fingerprint density at radius 2 is 0.833 bits per heavy atom. The standard InChI is InChI=1S/C39H20B5N3O/c40-32-31(33(41)35(43)36(44)34(32)42)22-11-13-24(14-12-22)38-45-37(23-9-5-2-6-10-23)46-39(47-38)26-15-17-27-28-19-25(21-7-3-1-4-8-21)16-18-29(28)48-30(27)20-26/h1-20H. The summed E-state index contributed by atoms with van der Waals surface area (Å²) < 4.78 is 6.32. The summed E-state index contributed by atoms with van der Waals surface area (Å²) in [7, 11) is 30.9. The van der Waals surface area contributed by atoms with Gasteiger partial charge < -0.3 is 4.42 Å². The lowest BCUT2D eigenvalue weighted by Crippen LogP contribution is -2.55. The fraction of sp³-hybridized carbons (Fsp3) is 0. The number of hydrogen-bond donors (Lipinski definition) is 0. The zero-order valence-corrected chi connectivity index (χ0v) is 25.7. The van der Waals surface area contributed by atoms with E-state index in [4.69, 9.17) is 58.6 Å². The van der Waals surface area contributed by atoms with Crippen molar-refractivity contribution in [1.82, 2.24) is 15.0 Å². The van der Waals surface area contributed by atoms with E-state index in [2.05, 4.69) is 30.3 Å². The quantitative estimate of drug-likeness (QED) is 0.280. The molecule has 8 aromatic rings. The maximum Gasteiger partial charge on any atom is 0.164 e. The highest BCUT2D eigenvalue weighted by atomic mass is 16.3. The largest absolute Gasteiger partial charge is 0.456 e. The molecular formula is C39H20B5N3O. The van der Waals surface area contributed by atoms with Crippen molar-refractivity contribution in [2.45, 2.75) is 0 Å². The zero-order valence-electron chi connectivity index (χ0n) is 25.7. The van der Waals surface area contributed by atoms with Gasteiger partial charge in [0.15, 0.2) is 17.5 Å². The molecule has 4 nitrogen and oxygen atoms in total. The van der Waals surface area contributed by atoms with Gasteiger partial charge in [-0.15, -0.1) is 16.4 Å². The Hall–Kier alpha value is -5.55. The monoisotopic (exact) mass is 601 g/mol. The minimum Gasteiger partial charge on any atom is -0.456 e. The van der Waals surface area contributed by atoms with Crippen LogP contribution < -0.4 is 27.3 Å². The van der Waals surface area contributed by atoms with Gasteiger partial charge in [-0.05, 0) is 46.5 Å². The van der Waals surface area contributed by atoms with Crippen LogP contribution in [-0.4, -0.2) is 54.2 Å².